The van der Waals surface area contributed by atoms with Crippen molar-refractivity contribution in [3.8, 4) is 0 Å². The second-order valence-corrected chi connectivity index (χ2v) is 1.17. The highest BCUT2D eigenvalue weighted by atomic mass is 32.1. The molecular formula is C3H12N2S. The molecule has 0 radical (unpaired) electrons. The summed E-state index contributed by atoms with van der Waals surface area (Å²) in [5, 5.41) is 0. The van der Waals surface area contributed by atoms with Crippen molar-refractivity contribution in [2.24, 2.45) is 11.7 Å². The van der Waals surface area contributed by atoms with Crippen LogP contribution in [0.5, 0.6) is 0 Å². The van der Waals surface area contributed by atoms with Crippen LogP contribution < -0.4 is 11.7 Å². The average Bonchev–Trinajstić information content (AvgIpc) is 1.72. The van der Waals surface area contributed by atoms with Gasteiger partial charge in [0.05, 0.1) is 0 Å². The van der Waals surface area contributed by atoms with Gasteiger partial charge < -0.3 is 0 Å². The van der Waals surface area contributed by atoms with Crippen LogP contribution in [0.1, 0.15) is 13.3 Å². The summed E-state index contributed by atoms with van der Waals surface area (Å²) in [5.74, 6) is 9.01. The van der Waals surface area contributed by atoms with Crippen LogP contribution >= 0.6 is 12.6 Å². The Labute approximate surface area is 44.3 Å². The van der Waals surface area contributed by atoms with Crippen molar-refractivity contribution >= 4 is 12.6 Å². The maximum atomic E-state index is 4.00. The molecule has 0 bridgehead atoms. The van der Waals surface area contributed by atoms with Crippen LogP contribution in [0.25, 0.3) is 0 Å². The predicted octanol–water partition coefficient (Wildman–Crippen LogP) is 0.145. The van der Waals surface area contributed by atoms with E-state index in [1.54, 1.807) is 0 Å². The molecule has 0 aliphatic heterocycles. The van der Waals surface area contributed by atoms with E-state index >= 15 is 0 Å². The molecule has 0 saturated carbocycles. The lowest BCUT2D eigenvalue weighted by Gasteiger charge is -1.67. The Morgan fingerprint density at radius 2 is 1.67 bits per heavy atom. The number of nitrogens with two attached hydrogens (primary N) is 2. The Bertz CT molecular complexity index is 10.8. The van der Waals surface area contributed by atoms with Gasteiger partial charge in [0.25, 0.3) is 0 Å². The van der Waals surface area contributed by atoms with E-state index in [9.17, 15) is 0 Å². The van der Waals surface area contributed by atoms with Crippen LogP contribution in [0.15, 0.2) is 0 Å². The molecule has 0 spiro atoms. The van der Waals surface area contributed by atoms with Gasteiger partial charge in [-0.25, -0.2) is 0 Å². The monoisotopic (exact) mass is 108 g/mol. The van der Waals surface area contributed by atoms with Crippen LogP contribution in [0.4, 0.5) is 0 Å². The summed E-state index contributed by atoms with van der Waals surface area (Å²) in [4.78, 5) is 0. The van der Waals surface area contributed by atoms with E-state index in [4.69, 9.17) is 0 Å². The SMILES string of the molecule is CCCS.NN. The molecule has 0 saturated heterocycles. The van der Waals surface area contributed by atoms with E-state index < -0.39 is 0 Å². The Kier molecular flexibility index (Phi) is 29.7. The lowest BCUT2D eigenvalue weighted by atomic mass is 10.6. The summed E-state index contributed by atoms with van der Waals surface area (Å²) in [6, 6.07) is 0. The van der Waals surface area contributed by atoms with Gasteiger partial charge in [-0.15, -0.1) is 0 Å². The highest BCUT2D eigenvalue weighted by Gasteiger charge is 1.57. The van der Waals surface area contributed by atoms with E-state index in [0.717, 1.165) is 5.75 Å². The number of hydrogen-bond acceptors (Lipinski definition) is 3. The van der Waals surface area contributed by atoms with Gasteiger partial charge in [0, 0.05) is 0 Å². The molecule has 0 atom stereocenters. The fraction of sp³-hybridized carbons (Fsp3) is 1.00. The van der Waals surface area contributed by atoms with Gasteiger partial charge >= 0.3 is 0 Å². The second kappa shape index (κ2) is 18.6. The van der Waals surface area contributed by atoms with E-state index in [-0.39, 0.29) is 0 Å². The summed E-state index contributed by atoms with van der Waals surface area (Å²) < 4.78 is 0. The van der Waals surface area contributed by atoms with E-state index in [0.29, 0.717) is 0 Å². The van der Waals surface area contributed by atoms with E-state index in [2.05, 4.69) is 31.2 Å². The third-order valence-corrected chi connectivity index (χ3v) is 0.671. The van der Waals surface area contributed by atoms with Crippen LogP contribution in [-0.4, -0.2) is 5.75 Å². The molecule has 0 unspecified atom stereocenters. The molecule has 0 aromatic rings. The lowest BCUT2D eigenvalue weighted by molar-refractivity contribution is 1.11. The molecule has 4 N–H and O–H groups in total. The van der Waals surface area contributed by atoms with Crippen molar-refractivity contribution in [3.05, 3.63) is 0 Å². The topological polar surface area (TPSA) is 52.0 Å². The van der Waals surface area contributed by atoms with E-state index in [1.807, 2.05) is 0 Å². The zero-order valence-electron chi connectivity index (χ0n) is 4.02. The molecule has 0 amide bonds. The molecule has 0 heterocycles. The molecule has 0 rings (SSSR count). The fourth-order valence-electron chi connectivity index (χ4n) is 0. The molecule has 0 aliphatic rings. The Morgan fingerprint density at radius 3 is 1.67 bits per heavy atom. The lowest BCUT2D eigenvalue weighted by Crippen LogP contribution is -2.02. The number of hydrazine groups is 1. The second-order valence-electron chi connectivity index (χ2n) is 0.724. The molecule has 0 aromatic heterocycles. The van der Waals surface area contributed by atoms with Crippen LogP contribution in [0.2, 0.25) is 0 Å². The molecular weight excluding hydrogens is 96.1 g/mol. The number of rotatable bonds is 1. The third kappa shape index (κ3) is 28.3. The van der Waals surface area contributed by atoms with Crippen molar-refractivity contribution in [2.45, 2.75) is 13.3 Å². The first-order valence-corrected chi connectivity index (χ1v) is 2.49. The van der Waals surface area contributed by atoms with E-state index in [1.165, 1.54) is 6.42 Å². The minimum absolute atomic E-state index is 1.01. The number of hydrogen-bond donors (Lipinski definition) is 3. The Balaban J connectivity index is 0. The fourth-order valence-corrected chi connectivity index (χ4v) is 0. The highest BCUT2D eigenvalue weighted by Crippen LogP contribution is 1.74. The Hall–Kier alpha value is 0.270. The van der Waals surface area contributed by atoms with Crippen molar-refractivity contribution in [1.29, 1.82) is 0 Å². The molecule has 3 heteroatoms. The first kappa shape index (κ1) is 9.55. The van der Waals surface area contributed by atoms with Gasteiger partial charge in [-0.05, 0) is 12.2 Å². The third-order valence-electron chi connectivity index (χ3n) is 0.224. The van der Waals surface area contributed by atoms with Crippen LogP contribution in [0.3, 0.4) is 0 Å². The standard InChI is InChI=1S/C3H8S.H4N2/c1-2-3-4;1-2/h4H,2-3H2,1H3;1-2H2. The maximum Gasteiger partial charge on any atom is -0.0101 e. The molecule has 40 valence electrons. The summed E-state index contributed by atoms with van der Waals surface area (Å²) in [5.41, 5.74) is 0. The summed E-state index contributed by atoms with van der Waals surface area (Å²) in [7, 11) is 0. The quantitative estimate of drug-likeness (QED) is 0.254. The molecule has 2 nitrogen and oxygen atoms in total. The molecule has 0 fully saturated rings. The van der Waals surface area contributed by atoms with Crippen molar-refractivity contribution < 1.29 is 0 Å². The van der Waals surface area contributed by atoms with Gasteiger partial charge in [-0.2, -0.15) is 12.6 Å². The van der Waals surface area contributed by atoms with Crippen LogP contribution in [-0.2, 0) is 0 Å². The summed E-state index contributed by atoms with van der Waals surface area (Å²) in [6.45, 7) is 2.10. The predicted molar refractivity (Wildman–Crippen MR) is 32.5 cm³/mol. The molecule has 0 aliphatic carbocycles. The summed E-state index contributed by atoms with van der Waals surface area (Å²) in [6.07, 6.45) is 1.18. The summed E-state index contributed by atoms with van der Waals surface area (Å²) >= 11 is 3.92. The largest absolute Gasteiger partial charge is 0.274 e. The molecule has 6 heavy (non-hydrogen) atoms. The minimum atomic E-state index is 1.01. The van der Waals surface area contributed by atoms with Crippen molar-refractivity contribution in [1.82, 2.24) is 0 Å². The normalized spacial score (nSPS) is 6.00. The number of thiol groups is 1. The first-order chi connectivity index (χ1) is 2.91. The van der Waals surface area contributed by atoms with Gasteiger partial charge in [-0.1, -0.05) is 6.92 Å². The average molecular weight is 108 g/mol. The zero-order valence-corrected chi connectivity index (χ0v) is 4.91. The zero-order chi connectivity index (χ0) is 5.41. The first-order valence-electron chi connectivity index (χ1n) is 1.86. The van der Waals surface area contributed by atoms with Crippen molar-refractivity contribution in [3.63, 3.8) is 0 Å². The van der Waals surface area contributed by atoms with Crippen molar-refractivity contribution in [2.75, 3.05) is 5.75 Å². The van der Waals surface area contributed by atoms with Crippen LogP contribution in [0, 0.1) is 0 Å². The minimum Gasteiger partial charge on any atom is -0.274 e. The smallest absolute Gasteiger partial charge is 0.0101 e. The van der Waals surface area contributed by atoms with Gasteiger partial charge in [0.2, 0.25) is 0 Å². The Morgan fingerprint density at radius 1 is 1.50 bits per heavy atom. The van der Waals surface area contributed by atoms with Gasteiger partial charge in [0.15, 0.2) is 0 Å². The van der Waals surface area contributed by atoms with Gasteiger partial charge in [-0.3, -0.25) is 11.7 Å². The highest BCUT2D eigenvalue weighted by molar-refractivity contribution is 7.80. The van der Waals surface area contributed by atoms with Gasteiger partial charge in [0.1, 0.15) is 0 Å². The molecule has 0 aromatic carbocycles. The maximum absolute atomic E-state index is 4.00.